The molecule has 6 heteroatoms. The van der Waals surface area contributed by atoms with Gasteiger partial charge in [-0.05, 0) is 11.4 Å². The summed E-state index contributed by atoms with van der Waals surface area (Å²) in [6.07, 6.45) is 0.765. The van der Waals surface area contributed by atoms with Crippen LogP contribution in [0, 0.1) is 0 Å². The second-order valence-electron chi connectivity index (χ2n) is 3.73. The van der Waals surface area contributed by atoms with Crippen molar-refractivity contribution in [3.63, 3.8) is 0 Å². The van der Waals surface area contributed by atoms with Gasteiger partial charge in [-0.1, -0.05) is 6.07 Å². The van der Waals surface area contributed by atoms with Crippen molar-refractivity contribution in [2.75, 3.05) is 7.05 Å². The van der Waals surface area contributed by atoms with Crippen LogP contribution in [0.4, 0.5) is 0 Å². The average molecular weight is 251 g/mol. The second kappa shape index (κ2) is 5.09. The van der Waals surface area contributed by atoms with Gasteiger partial charge in [0.15, 0.2) is 0 Å². The Morgan fingerprint density at radius 3 is 3.06 bits per heavy atom. The van der Waals surface area contributed by atoms with Crippen LogP contribution < -0.4 is 5.32 Å². The van der Waals surface area contributed by atoms with E-state index >= 15 is 0 Å². The van der Waals surface area contributed by atoms with E-state index in [9.17, 15) is 9.59 Å². The van der Waals surface area contributed by atoms with Crippen molar-refractivity contribution in [1.82, 2.24) is 10.3 Å². The van der Waals surface area contributed by atoms with E-state index in [-0.39, 0.29) is 11.8 Å². The molecule has 1 N–H and O–H groups in total. The van der Waals surface area contributed by atoms with E-state index < -0.39 is 0 Å². The van der Waals surface area contributed by atoms with Crippen molar-refractivity contribution >= 4 is 28.9 Å². The maximum absolute atomic E-state index is 11.8. The summed E-state index contributed by atoms with van der Waals surface area (Å²) in [6, 6.07) is 3.90. The van der Waals surface area contributed by atoms with Crippen LogP contribution in [0.2, 0.25) is 0 Å². The standard InChI is InChI=1S/C11H13N3O2S/c1-14-10(15)5-4-9(13-14)11(16)12-7-8-3-2-6-17-8/h2-3,6H,4-5,7H2,1H3,(H,12,16). The molecule has 90 valence electrons. The largest absolute Gasteiger partial charge is 0.346 e. The number of rotatable bonds is 3. The number of carbonyl (C=O) groups excluding carboxylic acids is 2. The summed E-state index contributed by atoms with van der Waals surface area (Å²) in [6.45, 7) is 0.507. The Kier molecular flexibility index (Phi) is 3.53. The zero-order valence-corrected chi connectivity index (χ0v) is 10.3. The first-order chi connectivity index (χ1) is 8.16. The molecule has 1 aromatic rings. The van der Waals surface area contributed by atoms with Crippen LogP contribution in [-0.2, 0) is 16.1 Å². The maximum Gasteiger partial charge on any atom is 0.267 e. The highest BCUT2D eigenvalue weighted by atomic mass is 32.1. The minimum atomic E-state index is -0.197. The van der Waals surface area contributed by atoms with Gasteiger partial charge in [0.05, 0.1) is 6.54 Å². The summed E-state index contributed by atoms with van der Waals surface area (Å²) in [4.78, 5) is 24.1. The molecule has 1 aromatic heterocycles. The molecule has 2 heterocycles. The minimum absolute atomic E-state index is 0.0557. The lowest BCUT2D eigenvalue weighted by Crippen LogP contribution is -2.37. The van der Waals surface area contributed by atoms with E-state index in [2.05, 4.69) is 10.4 Å². The number of hydrazone groups is 1. The Morgan fingerprint density at radius 1 is 1.59 bits per heavy atom. The van der Waals surface area contributed by atoms with E-state index in [0.29, 0.717) is 25.1 Å². The fourth-order valence-electron chi connectivity index (χ4n) is 1.52. The summed E-state index contributed by atoms with van der Waals surface area (Å²) in [5.74, 6) is -0.252. The van der Waals surface area contributed by atoms with Crippen LogP contribution in [0.3, 0.4) is 0 Å². The molecular weight excluding hydrogens is 238 g/mol. The smallest absolute Gasteiger partial charge is 0.267 e. The topological polar surface area (TPSA) is 61.8 Å². The average Bonchev–Trinajstić information content (AvgIpc) is 2.82. The van der Waals surface area contributed by atoms with Crippen molar-refractivity contribution in [3.8, 4) is 0 Å². The second-order valence-corrected chi connectivity index (χ2v) is 4.76. The molecule has 2 amide bonds. The number of hydrogen-bond donors (Lipinski definition) is 1. The van der Waals surface area contributed by atoms with Gasteiger partial charge in [-0.15, -0.1) is 11.3 Å². The van der Waals surface area contributed by atoms with Gasteiger partial charge in [0.1, 0.15) is 5.71 Å². The Bertz CT molecular complexity index is 453. The van der Waals surface area contributed by atoms with Crippen LogP contribution in [0.1, 0.15) is 17.7 Å². The third-order valence-electron chi connectivity index (χ3n) is 2.47. The van der Waals surface area contributed by atoms with E-state index in [1.54, 1.807) is 18.4 Å². The number of nitrogens with one attached hydrogen (secondary N) is 1. The monoisotopic (exact) mass is 251 g/mol. The molecule has 0 aliphatic carbocycles. The molecule has 1 aliphatic rings. The Morgan fingerprint density at radius 2 is 2.41 bits per heavy atom. The number of nitrogens with zero attached hydrogens (tertiary/aromatic N) is 2. The molecule has 0 radical (unpaired) electrons. The highest BCUT2D eigenvalue weighted by molar-refractivity contribution is 7.09. The zero-order valence-electron chi connectivity index (χ0n) is 9.47. The number of carbonyl (C=O) groups is 2. The van der Waals surface area contributed by atoms with E-state index in [1.807, 2.05) is 17.5 Å². The lowest BCUT2D eigenvalue weighted by Gasteiger charge is -2.18. The summed E-state index contributed by atoms with van der Waals surface area (Å²) < 4.78 is 0. The molecular formula is C11H13N3O2S. The van der Waals surface area contributed by atoms with Crippen molar-refractivity contribution in [3.05, 3.63) is 22.4 Å². The first-order valence-corrected chi connectivity index (χ1v) is 6.19. The Balaban J connectivity index is 1.92. The number of amides is 2. The van der Waals surface area contributed by atoms with Gasteiger partial charge in [0.25, 0.3) is 5.91 Å². The summed E-state index contributed by atoms with van der Waals surface area (Å²) >= 11 is 1.59. The van der Waals surface area contributed by atoms with Crippen molar-refractivity contribution in [2.45, 2.75) is 19.4 Å². The van der Waals surface area contributed by atoms with Crippen LogP contribution >= 0.6 is 11.3 Å². The van der Waals surface area contributed by atoms with Crippen LogP contribution in [0.25, 0.3) is 0 Å². The van der Waals surface area contributed by atoms with Crippen molar-refractivity contribution < 1.29 is 9.59 Å². The highest BCUT2D eigenvalue weighted by Crippen LogP contribution is 2.09. The van der Waals surface area contributed by atoms with Crippen LogP contribution in [0.5, 0.6) is 0 Å². The van der Waals surface area contributed by atoms with E-state index in [4.69, 9.17) is 0 Å². The molecule has 0 atom stereocenters. The molecule has 17 heavy (non-hydrogen) atoms. The lowest BCUT2D eigenvalue weighted by atomic mass is 10.1. The van der Waals surface area contributed by atoms with E-state index in [0.717, 1.165) is 4.88 Å². The van der Waals surface area contributed by atoms with Crippen molar-refractivity contribution in [1.29, 1.82) is 0 Å². The molecule has 1 aliphatic heterocycles. The first kappa shape index (κ1) is 11.8. The molecule has 0 bridgehead atoms. The van der Waals surface area contributed by atoms with Gasteiger partial charge in [-0.25, -0.2) is 5.01 Å². The molecule has 0 saturated carbocycles. The van der Waals surface area contributed by atoms with Crippen LogP contribution in [0.15, 0.2) is 22.6 Å². The normalized spacial score (nSPS) is 15.7. The fraction of sp³-hybridized carbons (Fsp3) is 0.364. The molecule has 0 spiro atoms. The predicted molar refractivity (Wildman–Crippen MR) is 65.6 cm³/mol. The number of thiophene rings is 1. The van der Waals surface area contributed by atoms with Gasteiger partial charge in [-0.2, -0.15) is 5.10 Å². The Hall–Kier alpha value is -1.69. The van der Waals surface area contributed by atoms with Gasteiger partial charge < -0.3 is 5.32 Å². The lowest BCUT2D eigenvalue weighted by molar-refractivity contribution is -0.130. The van der Waals surface area contributed by atoms with Crippen molar-refractivity contribution in [2.24, 2.45) is 5.10 Å². The third kappa shape index (κ3) is 2.91. The summed E-state index contributed by atoms with van der Waals surface area (Å²) in [5.41, 5.74) is 0.420. The molecule has 0 aromatic carbocycles. The number of hydrogen-bond acceptors (Lipinski definition) is 4. The van der Waals surface area contributed by atoms with Gasteiger partial charge in [0, 0.05) is 24.8 Å². The fourth-order valence-corrected chi connectivity index (χ4v) is 2.16. The predicted octanol–water partition coefficient (Wildman–Crippen LogP) is 0.972. The van der Waals surface area contributed by atoms with E-state index in [1.165, 1.54) is 5.01 Å². The highest BCUT2D eigenvalue weighted by Gasteiger charge is 2.21. The third-order valence-corrected chi connectivity index (χ3v) is 3.35. The quantitative estimate of drug-likeness (QED) is 0.870. The summed E-state index contributed by atoms with van der Waals surface area (Å²) in [7, 11) is 1.56. The van der Waals surface area contributed by atoms with Gasteiger partial charge in [0.2, 0.25) is 5.91 Å². The molecule has 5 nitrogen and oxygen atoms in total. The molecule has 0 fully saturated rings. The minimum Gasteiger partial charge on any atom is -0.346 e. The Labute approximate surface area is 103 Å². The SMILES string of the molecule is CN1N=C(C(=O)NCc2cccs2)CCC1=O. The maximum atomic E-state index is 11.8. The first-order valence-electron chi connectivity index (χ1n) is 5.31. The van der Waals surface area contributed by atoms with Crippen LogP contribution in [-0.4, -0.2) is 29.6 Å². The molecule has 0 saturated heterocycles. The van der Waals surface area contributed by atoms with Gasteiger partial charge >= 0.3 is 0 Å². The van der Waals surface area contributed by atoms with Gasteiger partial charge in [-0.3, -0.25) is 9.59 Å². The molecule has 2 rings (SSSR count). The summed E-state index contributed by atoms with van der Waals surface area (Å²) in [5, 5.41) is 9.94. The zero-order chi connectivity index (χ0) is 12.3. The molecule has 0 unspecified atom stereocenters.